The molecule has 1 unspecified atom stereocenters. The second-order valence-electron chi connectivity index (χ2n) is 6.55. The highest BCUT2D eigenvalue weighted by atomic mass is 32.2. The number of carbonyl (C=O) groups excluding carboxylic acids is 1. The lowest BCUT2D eigenvalue weighted by Crippen LogP contribution is -2.52. The Bertz CT molecular complexity index is 670. The molecule has 0 bridgehead atoms. The Morgan fingerprint density at radius 3 is 2.65 bits per heavy atom. The van der Waals surface area contributed by atoms with Crippen molar-refractivity contribution in [2.24, 2.45) is 0 Å². The van der Waals surface area contributed by atoms with Crippen LogP contribution in [0.5, 0.6) is 0 Å². The van der Waals surface area contributed by atoms with Crippen molar-refractivity contribution >= 4 is 15.7 Å². The average Bonchev–Trinajstić information content (AvgIpc) is 3.00. The summed E-state index contributed by atoms with van der Waals surface area (Å²) < 4.78 is 24.7. The lowest BCUT2D eigenvalue weighted by molar-refractivity contribution is -0.133. The molecule has 1 atom stereocenters. The maximum atomic E-state index is 12.4. The van der Waals surface area contributed by atoms with Crippen molar-refractivity contribution in [3.63, 3.8) is 0 Å². The number of benzene rings is 1. The van der Waals surface area contributed by atoms with Crippen molar-refractivity contribution in [3.8, 4) is 0 Å². The molecule has 0 aliphatic carbocycles. The topological polar surface area (TPSA) is 57.7 Å². The molecule has 126 valence electrons. The monoisotopic (exact) mass is 336 g/mol. The number of aryl methyl sites for hydroxylation is 1. The number of piperazine rings is 1. The average molecular weight is 336 g/mol. The minimum Gasteiger partial charge on any atom is -0.340 e. The summed E-state index contributed by atoms with van der Waals surface area (Å²) in [6.07, 6.45) is 2.42. The van der Waals surface area contributed by atoms with Crippen LogP contribution in [0, 0.1) is 6.92 Å². The predicted octanol–water partition coefficient (Wildman–Crippen LogP) is 1.47. The van der Waals surface area contributed by atoms with Gasteiger partial charge in [0, 0.05) is 32.1 Å². The zero-order valence-electron chi connectivity index (χ0n) is 13.6. The molecule has 2 aliphatic heterocycles. The second kappa shape index (κ2) is 6.61. The van der Waals surface area contributed by atoms with Gasteiger partial charge in [-0.05, 0) is 38.4 Å². The summed E-state index contributed by atoms with van der Waals surface area (Å²) in [7, 11) is -3.39. The zero-order chi connectivity index (χ0) is 16.4. The van der Waals surface area contributed by atoms with Gasteiger partial charge in [0.2, 0.25) is 5.91 Å². The van der Waals surface area contributed by atoms with Crippen LogP contribution >= 0.6 is 0 Å². The number of rotatable bonds is 4. The Kier molecular flexibility index (Phi) is 4.73. The molecule has 1 aromatic rings. The van der Waals surface area contributed by atoms with Gasteiger partial charge in [-0.3, -0.25) is 9.69 Å². The zero-order valence-corrected chi connectivity index (χ0v) is 14.4. The first-order valence-corrected chi connectivity index (χ1v) is 9.92. The maximum absolute atomic E-state index is 12.4. The number of nitrogens with zero attached hydrogens (tertiary/aromatic N) is 2. The summed E-state index contributed by atoms with van der Waals surface area (Å²) >= 11 is 0. The molecule has 0 spiro atoms. The molecule has 1 aromatic carbocycles. The van der Waals surface area contributed by atoms with Gasteiger partial charge < -0.3 is 4.90 Å². The maximum Gasteiger partial charge on any atom is 0.223 e. The first-order valence-electron chi connectivity index (χ1n) is 8.27. The van der Waals surface area contributed by atoms with Gasteiger partial charge in [0.1, 0.15) is 0 Å². The first-order chi connectivity index (χ1) is 11.0. The molecule has 2 saturated heterocycles. The van der Waals surface area contributed by atoms with Crippen LogP contribution in [0.25, 0.3) is 0 Å². The minimum atomic E-state index is -3.39. The summed E-state index contributed by atoms with van der Waals surface area (Å²) in [6.45, 7) is 5.45. The number of sulfone groups is 1. The number of amides is 1. The van der Waals surface area contributed by atoms with Gasteiger partial charge >= 0.3 is 0 Å². The molecule has 3 rings (SSSR count). The van der Waals surface area contributed by atoms with Gasteiger partial charge in [-0.15, -0.1) is 0 Å². The highest BCUT2D eigenvalue weighted by molar-refractivity contribution is 7.91. The molecular weight excluding hydrogens is 312 g/mol. The molecule has 2 aliphatic rings. The molecule has 6 heteroatoms. The van der Waals surface area contributed by atoms with E-state index in [9.17, 15) is 13.2 Å². The van der Waals surface area contributed by atoms with E-state index in [0.29, 0.717) is 10.9 Å². The van der Waals surface area contributed by atoms with E-state index >= 15 is 0 Å². The minimum absolute atomic E-state index is 0.0350. The van der Waals surface area contributed by atoms with Crippen molar-refractivity contribution in [1.29, 1.82) is 0 Å². The summed E-state index contributed by atoms with van der Waals surface area (Å²) in [4.78, 5) is 16.9. The SMILES string of the molecule is Cc1ccc(S(=O)(=O)CCC(=O)N2CCN3CCCC3C2)cc1. The molecule has 23 heavy (non-hydrogen) atoms. The van der Waals surface area contributed by atoms with E-state index in [1.165, 1.54) is 6.42 Å². The molecule has 0 radical (unpaired) electrons. The summed E-state index contributed by atoms with van der Waals surface area (Å²) in [6, 6.07) is 7.28. The van der Waals surface area contributed by atoms with Gasteiger partial charge in [-0.2, -0.15) is 0 Å². The van der Waals surface area contributed by atoms with Gasteiger partial charge in [0.15, 0.2) is 9.84 Å². The lowest BCUT2D eigenvalue weighted by Gasteiger charge is -2.37. The van der Waals surface area contributed by atoms with Crippen molar-refractivity contribution in [2.45, 2.75) is 37.1 Å². The first kappa shape index (κ1) is 16.5. The van der Waals surface area contributed by atoms with Crippen LogP contribution in [0.2, 0.25) is 0 Å². The Hall–Kier alpha value is -1.40. The standard InChI is InChI=1S/C17H24N2O3S/c1-14-4-6-16(7-5-14)23(21,22)12-8-17(20)19-11-10-18-9-2-3-15(18)13-19/h4-7,15H,2-3,8-13H2,1H3. The van der Waals surface area contributed by atoms with Crippen molar-refractivity contribution < 1.29 is 13.2 Å². The van der Waals surface area contributed by atoms with Crippen LogP contribution < -0.4 is 0 Å². The van der Waals surface area contributed by atoms with Crippen LogP contribution in [0.1, 0.15) is 24.8 Å². The van der Waals surface area contributed by atoms with Crippen LogP contribution in [0.4, 0.5) is 0 Å². The Balaban J connectivity index is 1.57. The van der Waals surface area contributed by atoms with E-state index in [0.717, 1.165) is 38.2 Å². The third-order valence-corrected chi connectivity index (χ3v) is 6.64. The number of fused-ring (bicyclic) bond motifs is 1. The van der Waals surface area contributed by atoms with Crippen LogP contribution in [0.15, 0.2) is 29.2 Å². The van der Waals surface area contributed by atoms with Crippen LogP contribution in [-0.2, 0) is 14.6 Å². The highest BCUT2D eigenvalue weighted by Crippen LogP contribution is 2.22. The number of carbonyl (C=O) groups is 1. The molecule has 0 aromatic heterocycles. The van der Waals surface area contributed by atoms with Gasteiger partial charge in [0.05, 0.1) is 10.6 Å². The van der Waals surface area contributed by atoms with Gasteiger partial charge in [-0.1, -0.05) is 17.7 Å². The Labute approximate surface area is 138 Å². The summed E-state index contributed by atoms with van der Waals surface area (Å²) in [5.41, 5.74) is 1.02. The molecular formula is C17H24N2O3S. The quantitative estimate of drug-likeness (QED) is 0.835. The van der Waals surface area contributed by atoms with Crippen molar-refractivity contribution in [3.05, 3.63) is 29.8 Å². The fraction of sp³-hybridized carbons (Fsp3) is 0.588. The molecule has 5 nitrogen and oxygen atoms in total. The summed E-state index contributed by atoms with van der Waals surface area (Å²) in [5.74, 6) is -0.146. The fourth-order valence-electron chi connectivity index (χ4n) is 3.46. The molecule has 2 fully saturated rings. The molecule has 2 heterocycles. The lowest BCUT2D eigenvalue weighted by atomic mass is 10.1. The van der Waals surface area contributed by atoms with E-state index < -0.39 is 9.84 Å². The molecule has 0 saturated carbocycles. The Morgan fingerprint density at radius 2 is 1.91 bits per heavy atom. The fourth-order valence-corrected chi connectivity index (χ4v) is 4.69. The van der Waals surface area contributed by atoms with E-state index in [1.807, 2.05) is 11.8 Å². The van der Waals surface area contributed by atoms with Crippen LogP contribution in [-0.4, -0.2) is 62.1 Å². The highest BCUT2D eigenvalue weighted by Gasteiger charge is 2.32. The second-order valence-corrected chi connectivity index (χ2v) is 8.66. The normalized spacial score (nSPS) is 22.1. The van der Waals surface area contributed by atoms with E-state index in [2.05, 4.69) is 4.90 Å². The van der Waals surface area contributed by atoms with E-state index in [1.54, 1.807) is 24.3 Å². The van der Waals surface area contributed by atoms with Crippen molar-refractivity contribution in [2.75, 3.05) is 31.9 Å². The Morgan fingerprint density at radius 1 is 1.17 bits per heavy atom. The molecule has 1 amide bonds. The third kappa shape index (κ3) is 3.75. The largest absolute Gasteiger partial charge is 0.340 e. The van der Waals surface area contributed by atoms with Gasteiger partial charge in [0.25, 0.3) is 0 Å². The van der Waals surface area contributed by atoms with E-state index in [4.69, 9.17) is 0 Å². The van der Waals surface area contributed by atoms with Gasteiger partial charge in [-0.25, -0.2) is 8.42 Å². The number of hydrogen-bond donors (Lipinski definition) is 0. The van der Waals surface area contributed by atoms with Crippen LogP contribution in [0.3, 0.4) is 0 Å². The number of hydrogen-bond acceptors (Lipinski definition) is 4. The predicted molar refractivity (Wildman–Crippen MR) is 89.0 cm³/mol. The van der Waals surface area contributed by atoms with Crippen molar-refractivity contribution in [1.82, 2.24) is 9.80 Å². The molecule has 0 N–H and O–H groups in total. The third-order valence-electron chi connectivity index (χ3n) is 4.90. The smallest absolute Gasteiger partial charge is 0.223 e. The summed E-state index contributed by atoms with van der Waals surface area (Å²) in [5, 5.41) is 0. The van der Waals surface area contributed by atoms with E-state index in [-0.39, 0.29) is 18.1 Å².